The first-order chi connectivity index (χ1) is 5.61. The van der Waals surface area contributed by atoms with Gasteiger partial charge in [-0.2, -0.15) is 0 Å². The summed E-state index contributed by atoms with van der Waals surface area (Å²) in [5.74, 6) is 0.349. The molecule has 0 saturated carbocycles. The van der Waals surface area contributed by atoms with Gasteiger partial charge in [0.15, 0.2) is 0 Å². The summed E-state index contributed by atoms with van der Waals surface area (Å²) in [6.45, 7) is 11.2. The largest absolute Gasteiger partial charge is 0.207 e. The summed E-state index contributed by atoms with van der Waals surface area (Å²) in [5.41, 5.74) is 0.557. The van der Waals surface area contributed by atoms with Crippen molar-refractivity contribution in [2.24, 2.45) is 5.92 Å². The Morgan fingerprint density at radius 2 is 1.75 bits per heavy atom. The monoisotopic (exact) mass is 170 g/mol. The van der Waals surface area contributed by atoms with Gasteiger partial charge in [0.1, 0.15) is 5.83 Å². The summed E-state index contributed by atoms with van der Waals surface area (Å²) in [6.07, 6.45) is 4.13. The lowest BCUT2D eigenvalue weighted by Gasteiger charge is -2.11. The molecule has 0 rings (SSSR count). The summed E-state index contributed by atoms with van der Waals surface area (Å²) in [6, 6.07) is 0. The summed E-state index contributed by atoms with van der Waals surface area (Å²) < 4.78 is 12.5. The summed E-state index contributed by atoms with van der Waals surface area (Å²) in [7, 11) is 0. The molecule has 0 radical (unpaired) electrons. The molecule has 1 heteroatoms. The highest BCUT2D eigenvalue weighted by molar-refractivity contribution is 5.17. The van der Waals surface area contributed by atoms with Gasteiger partial charge in [0.2, 0.25) is 0 Å². The van der Waals surface area contributed by atoms with E-state index in [1.807, 2.05) is 0 Å². The minimum Gasteiger partial charge on any atom is -0.207 e. The van der Waals surface area contributed by atoms with E-state index in [1.165, 1.54) is 12.8 Å². The van der Waals surface area contributed by atoms with Crippen LogP contribution in [0, 0.1) is 5.92 Å². The second-order valence-electron chi connectivity index (χ2n) is 3.23. The number of hydrogen-bond donors (Lipinski definition) is 0. The van der Waals surface area contributed by atoms with Crippen LogP contribution < -0.4 is 0 Å². The van der Waals surface area contributed by atoms with Crippen molar-refractivity contribution in [2.45, 2.75) is 39.5 Å². The maximum absolute atomic E-state index is 12.5. The van der Waals surface area contributed by atoms with Crippen LogP contribution in [0.3, 0.4) is 0 Å². The second-order valence-corrected chi connectivity index (χ2v) is 3.23. The van der Waals surface area contributed by atoms with E-state index in [-0.39, 0.29) is 5.83 Å². The van der Waals surface area contributed by atoms with E-state index in [2.05, 4.69) is 27.0 Å². The average molecular weight is 170 g/mol. The minimum absolute atomic E-state index is 0.360. The molecule has 70 valence electrons. The molecule has 0 saturated heterocycles. The van der Waals surface area contributed by atoms with Crippen molar-refractivity contribution < 1.29 is 4.39 Å². The van der Waals surface area contributed by atoms with Crippen LogP contribution in [0.1, 0.15) is 39.5 Å². The maximum Gasteiger partial charge on any atom is 0.118 e. The minimum atomic E-state index is -0.360. The lowest BCUT2D eigenvalue weighted by atomic mass is 9.95. The van der Waals surface area contributed by atoms with Crippen LogP contribution in [0.15, 0.2) is 24.6 Å². The Morgan fingerprint density at radius 3 is 2.08 bits per heavy atom. The lowest BCUT2D eigenvalue weighted by Crippen LogP contribution is -1.97. The number of halogens is 1. The van der Waals surface area contributed by atoms with Crippen LogP contribution in [0.5, 0.6) is 0 Å². The second kappa shape index (κ2) is 5.99. The zero-order valence-electron chi connectivity index (χ0n) is 8.20. The zero-order chi connectivity index (χ0) is 9.56. The van der Waals surface area contributed by atoms with Crippen molar-refractivity contribution in [2.75, 3.05) is 0 Å². The third-order valence-corrected chi connectivity index (χ3v) is 2.39. The molecule has 0 amide bonds. The standard InChI is InChI=1S/C11H19F/c1-5-11(6-2)8-7-9(3)10(4)12/h11H,3-8H2,1-2H3. The van der Waals surface area contributed by atoms with Crippen LogP contribution in [0.25, 0.3) is 0 Å². The molecule has 0 aliphatic carbocycles. The fourth-order valence-corrected chi connectivity index (χ4v) is 1.21. The van der Waals surface area contributed by atoms with Gasteiger partial charge in [0, 0.05) is 0 Å². The van der Waals surface area contributed by atoms with Crippen molar-refractivity contribution in [1.29, 1.82) is 0 Å². The zero-order valence-corrected chi connectivity index (χ0v) is 8.20. The number of allylic oxidation sites excluding steroid dienone is 2. The quantitative estimate of drug-likeness (QED) is 0.523. The van der Waals surface area contributed by atoms with E-state index < -0.39 is 0 Å². The highest BCUT2D eigenvalue weighted by Crippen LogP contribution is 2.20. The normalized spacial score (nSPS) is 10.3. The molecule has 0 atom stereocenters. The maximum atomic E-state index is 12.5. The van der Waals surface area contributed by atoms with Crippen molar-refractivity contribution >= 4 is 0 Å². The van der Waals surface area contributed by atoms with Crippen LogP contribution >= 0.6 is 0 Å². The van der Waals surface area contributed by atoms with Crippen molar-refractivity contribution in [3.05, 3.63) is 24.6 Å². The Bertz CT molecular complexity index is 154. The molecule has 0 aliphatic heterocycles. The summed E-state index contributed by atoms with van der Waals surface area (Å²) >= 11 is 0. The number of rotatable bonds is 6. The van der Waals surface area contributed by atoms with Gasteiger partial charge in [0.25, 0.3) is 0 Å². The predicted molar refractivity (Wildman–Crippen MR) is 52.7 cm³/mol. The van der Waals surface area contributed by atoms with E-state index in [0.717, 1.165) is 12.8 Å². The Hall–Kier alpha value is -0.590. The molecule has 0 spiro atoms. The molecule has 0 aromatic carbocycles. The van der Waals surface area contributed by atoms with Crippen LogP contribution in [-0.2, 0) is 0 Å². The third-order valence-electron chi connectivity index (χ3n) is 2.39. The molecule has 12 heavy (non-hydrogen) atoms. The summed E-state index contributed by atoms with van der Waals surface area (Å²) in [5, 5.41) is 0. The highest BCUT2D eigenvalue weighted by atomic mass is 19.1. The molecular weight excluding hydrogens is 151 g/mol. The Labute approximate surface area is 75.2 Å². The van der Waals surface area contributed by atoms with Gasteiger partial charge in [0.05, 0.1) is 0 Å². The van der Waals surface area contributed by atoms with Crippen LogP contribution in [0.2, 0.25) is 0 Å². The van der Waals surface area contributed by atoms with Gasteiger partial charge in [-0.25, -0.2) is 4.39 Å². The first kappa shape index (κ1) is 11.4. The molecule has 0 nitrogen and oxygen atoms in total. The van der Waals surface area contributed by atoms with Gasteiger partial charge in [-0.15, -0.1) is 0 Å². The predicted octanol–water partition coefficient (Wildman–Crippen LogP) is 4.24. The molecular formula is C11H19F. The van der Waals surface area contributed by atoms with Crippen molar-refractivity contribution in [1.82, 2.24) is 0 Å². The van der Waals surface area contributed by atoms with Gasteiger partial charge in [-0.05, 0) is 24.3 Å². The molecule has 0 unspecified atom stereocenters. The molecule has 0 bridgehead atoms. The molecule has 0 aromatic heterocycles. The van der Waals surface area contributed by atoms with E-state index in [9.17, 15) is 4.39 Å². The van der Waals surface area contributed by atoms with E-state index in [0.29, 0.717) is 11.5 Å². The summed E-state index contributed by atoms with van der Waals surface area (Å²) in [4.78, 5) is 0. The molecule has 0 aliphatic rings. The molecule has 0 heterocycles. The lowest BCUT2D eigenvalue weighted by molar-refractivity contribution is 0.453. The topological polar surface area (TPSA) is 0 Å². The SMILES string of the molecule is C=C(F)C(=C)CCC(CC)CC. The van der Waals surface area contributed by atoms with Gasteiger partial charge in [-0.3, -0.25) is 0 Å². The van der Waals surface area contributed by atoms with E-state index in [4.69, 9.17) is 0 Å². The van der Waals surface area contributed by atoms with Crippen LogP contribution in [-0.4, -0.2) is 0 Å². The molecule has 0 aromatic rings. The average Bonchev–Trinajstić information content (AvgIpc) is 2.05. The van der Waals surface area contributed by atoms with Gasteiger partial charge in [-0.1, -0.05) is 39.8 Å². The third kappa shape index (κ3) is 4.32. The van der Waals surface area contributed by atoms with Crippen molar-refractivity contribution in [3.63, 3.8) is 0 Å². The smallest absolute Gasteiger partial charge is 0.118 e. The van der Waals surface area contributed by atoms with Gasteiger partial charge >= 0.3 is 0 Å². The Balaban J connectivity index is 3.66. The van der Waals surface area contributed by atoms with Crippen LogP contribution in [0.4, 0.5) is 4.39 Å². The first-order valence-corrected chi connectivity index (χ1v) is 4.64. The first-order valence-electron chi connectivity index (χ1n) is 4.64. The van der Waals surface area contributed by atoms with E-state index in [1.54, 1.807) is 0 Å². The van der Waals surface area contributed by atoms with Crippen molar-refractivity contribution in [3.8, 4) is 0 Å². The Morgan fingerprint density at radius 1 is 1.25 bits per heavy atom. The fraction of sp³-hybridized carbons (Fsp3) is 0.636. The highest BCUT2D eigenvalue weighted by Gasteiger charge is 2.05. The fourth-order valence-electron chi connectivity index (χ4n) is 1.21. The Kier molecular flexibility index (Phi) is 5.69. The number of hydrogen-bond acceptors (Lipinski definition) is 0. The molecule has 0 N–H and O–H groups in total. The molecule has 0 fully saturated rings. The van der Waals surface area contributed by atoms with Gasteiger partial charge < -0.3 is 0 Å². The van der Waals surface area contributed by atoms with E-state index >= 15 is 0 Å².